The van der Waals surface area contributed by atoms with Gasteiger partial charge in [0.1, 0.15) is 5.75 Å². The van der Waals surface area contributed by atoms with Gasteiger partial charge in [0.25, 0.3) is 0 Å². The molecule has 0 aliphatic rings. The lowest BCUT2D eigenvalue weighted by Gasteiger charge is -2.07. The Morgan fingerprint density at radius 2 is 1.67 bits per heavy atom. The second kappa shape index (κ2) is 6.83. The van der Waals surface area contributed by atoms with E-state index >= 15 is 0 Å². The quantitative estimate of drug-likeness (QED) is 0.646. The smallest absolute Gasteiger partial charge is 0.193 e. The van der Waals surface area contributed by atoms with E-state index in [1.807, 2.05) is 6.92 Å². The zero-order valence-corrected chi connectivity index (χ0v) is 13.0. The molecule has 0 unspecified atom stereocenters. The van der Waals surface area contributed by atoms with Gasteiger partial charge in [-0.15, -0.1) is 0 Å². The third-order valence-corrected chi connectivity index (χ3v) is 3.56. The van der Waals surface area contributed by atoms with Gasteiger partial charge in [-0.2, -0.15) is 0 Å². The second-order valence-electron chi connectivity index (χ2n) is 4.56. The van der Waals surface area contributed by atoms with Crippen LogP contribution in [0, 0.1) is 0 Å². The van der Waals surface area contributed by atoms with Gasteiger partial charge in [0.2, 0.25) is 0 Å². The molecule has 2 aromatic carbocycles. The lowest BCUT2D eigenvalue weighted by molar-refractivity contribution is 0.103. The first kappa shape index (κ1) is 15.7. The molecule has 0 fully saturated rings. The Hall–Kier alpha value is -1.71. The number of nitrogens with two attached hydrogens (primary N) is 1. The Labute approximate surface area is 133 Å². The minimum absolute atomic E-state index is 0.166. The third-order valence-electron chi connectivity index (χ3n) is 2.93. The number of ketones is 1. The average Bonchev–Trinajstić information content (AvgIpc) is 2.50. The van der Waals surface area contributed by atoms with E-state index in [2.05, 4.69) is 0 Å². The van der Waals surface area contributed by atoms with E-state index < -0.39 is 0 Å². The number of anilines is 1. The zero-order valence-electron chi connectivity index (χ0n) is 11.5. The van der Waals surface area contributed by atoms with Crippen LogP contribution in [0.2, 0.25) is 10.0 Å². The number of ether oxygens (including phenoxy) is 1. The Morgan fingerprint density at radius 1 is 1.10 bits per heavy atom. The molecule has 0 saturated heterocycles. The highest BCUT2D eigenvalue weighted by Crippen LogP contribution is 2.30. The van der Waals surface area contributed by atoms with Crippen molar-refractivity contribution < 1.29 is 9.53 Å². The highest BCUT2D eigenvalue weighted by Gasteiger charge is 2.13. The summed E-state index contributed by atoms with van der Waals surface area (Å²) in [4.78, 5) is 12.4. The van der Waals surface area contributed by atoms with Crippen LogP contribution in [-0.4, -0.2) is 12.4 Å². The van der Waals surface area contributed by atoms with Crippen molar-refractivity contribution in [1.29, 1.82) is 0 Å². The maximum atomic E-state index is 12.4. The molecule has 5 heteroatoms. The average molecular weight is 324 g/mol. The highest BCUT2D eigenvalue weighted by molar-refractivity contribution is 6.39. The molecule has 0 amide bonds. The molecular formula is C16H15Cl2NO2. The van der Waals surface area contributed by atoms with Crippen LogP contribution in [0.1, 0.15) is 29.3 Å². The first-order valence-corrected chi connectivity index (χ1v) is 7.30. The molecule has 0 spiro atoms. The van der Waals surface area contributed by atoms with Crippen molar-refractivity contribution in [1.82, 2.24) is 0 Å². The van der Waals surface area contributed by atoms with Crippen molar-refractivity contribution in [3.63, 3.8) is 0 Å². The van der Waals surface area contributed by atoms with E-state index in [0.717, 1.165) is 12.2 Å². The van der Waals surface area contributed by atoms with Crippen molar-refractivity contribution in [2.75, 3.05) is 12.3 Å². The van der Waals surface area contributed by atoms with Crippen molar-refractivity contribution in [3.8, 4) is 5.75 Å². The Morgan fingerprint density at radius 3 is 2.19 bits per heavy atom. The monoisotopic (exact) mass is 323 g/mol. The van der Waals surface area contributed by atoms with Gasteiger partial charge in [-0.25, -0.2) is 0 Å². The van der Waals surface area contributed by atoms with E-state index in [1.165, 1.54) is 12.1 Å². The summed E-state index contributed by atoms with van der Waals surface area (Å²) in [5, 5.41) is 0.544. The van der Waals surface area contributed by atoms with Crippen molar-refractivity contribution in [2.45, 2.75) is 13.3 Å². The fourth-order valence-electron chi connectivity index (χ4n) is 1.80. The van der Waals surface area contributed by atoms with Gasteiger partial charge in [-0.3, -0.25) is 4.79 Å². The van der Waals surface area contributed by atoms with Crippen LogP contribution in [0.4, 0.5) is 5.69 Å². The Kier molecular flexibility index (Phi) is 5.10. The van der Waals surface area contributed by atoms with E-state index in [4.69, 9.17) is 33.7 Å². The molecule has 0 radical (unpaired) electrons. The van der Waals surface area contributed by atoms with Crippen molar-refractivity contribution >= 4 is 34.7 Å². The summed E-state index contributed by atoms with van der Waals surface area (Å²) in [5.41, 5.74) is 6.88. The van der Waals surface area contributed by atoms with Crippen LogP contribution in [0.15, 0.2) is 36.4 Å². The number of nitrogen functional groups attached to an aromatic ring is 1. The summed E-state index contributed by atoms with van der Waals surface area (Å²) >= 11 is 11.9. The van der Waals surface area contributed by atoms with E-state index in [-0.39, 0.29) is 21.5 Å². The molecule has 2 N–H and O–H groups in total. The van der Waals surface area contributed by atoms with Gasteiger partial charge in [-0.05, 0) is 42.8 Å². The maximum Gasteiger partial charge on any atom is 0.193 e. The van der Waals surface area contributed by atoms with Gasteiger partial charge in [0.15, 0.2) is 5.78 Å². The van der Waals surface area contributed by atoms with Crippen LogP contribution in [0.5, 0.6) is 5.75 Å². The summed E-state index contributed by atoms with van der Waals surface area (Å²) in [6.07, 6.45) is 0.934. The molecular weight excluding hydrogens is 309 g/mol. The maximum absolute atomic E-state index is 12.4. The first-order valence-electron chi connectivity index (χ1n) is 6.55. The number of benzene rings is 2. The summed E-state index contributed by atoms with van der Waals surface area (Å²) in [6, 6.07) is 10.0. The van der Waals surface area contributed by atoms with E-state index in [0.29, 0.717) is 17.7 Å². The predicted octanol–water partition coefficient (Wildman–Crippen LogP) is 4.60. The summed E-state index contributed by atoms with van der Waals surface area (Å²) in [5.74, 6) is 0.572. The fraction of sp³-hybridized carbons (Fsp3) is 0.188. The standard InChI is InChI=1S/C16H15Cl2NO2/c1-2-7-21-12-5-3-10(4-6-12)16(20)11-8-13(17)15(19)14(18)9-11/h3-6,8-9H,2,7,19H2,1H3. The molecule has 0 aliphatic heterocycles. The van der Waals surface area contributed by atoms with Crippen LogP contribution >= 0.6 is 23.2 Å². The molecule has 110 valence electrons. The highest BCUT2D eigenvalue weighted by atomic mass is 35.5. The molecule has 0 aliphatic carbocycles. The van der Waals surface area contributed by atoms with Crippen LogP contribution in [-0.2, 0) is 0 Å². The number of halogens is 2. The second-order valence-corrected chi connectivity index (χ2v) is 5.37. The van der Waals surface area contributed by atoms with Crippen LogP contribution < -0.4 is 10.5 Å². The summed E-state index contributed by atoms with van der Waals surface area (Å²) in [7, 11) is 0. The van der Waals surface area contributed by atoms with Crippen LogP contribution in [0.3, 0.4) is 0 Å². The third kappa shape index (κ3) is 3.69. The number of hydrogen-bond donors (Lipinski definition) is 1. The van der Waals surface area contributed by atoms with Crippen molar-refractivity contribution in [2.24, 2.45) is 0 Å². The van der Waals surface area contributed by atoms with Crippen LogP contribution in [0.25, 0.3) is 0 Å². The first-order chi connectivity index (χ1) is 10.0. The Bertz CT molecular complexity index is 631. The minimum atomic E-state index is -0.166. The van der Waals surface area contributed by atoms with Gasteiger partial charge >= 0.3 is 0 Å². The molecule has 2 rings (SSSR count). The normalized spacial score (nSPS) is 10.4. The number of carbonyl (C=O) groups excluding carboxylic acids is 1. The largest absolute Gasteiger partial charge is 0.494 e. The number of hydrogen-bond acceptors (Lipinski definition) is 3. The van der Waals surface area contributed by atoms with E-state index in [9.17, 15) is 4.79 Å². The number of rotatable bonds is 5. The SMILES string of the molecule is CCCOc1ccc(C(=O)c2cc(Cl)c(N)c(Cl)c2)cc1. The zero-order chi connectivity index (χ0) is 15.4. The fourth-order valence-corrected chi connectivity index (χ4v) is 2.29. The summed E-state index contributed by atoms with van der Waals surface area (Å²) < 4.78 is 5.48. The van der Waals surface area contributed by atoms with Gasteiger partial charge in [0, 0.05) is 11.1 Å². The molecule has 0 atom stereocenters. The molecule has 0 saturated carbocycles. The topological polar surface area (TPSA) is 52.3 Å². The number of carbonyl (C=O) groups is 1. The molecule has 0 bridgehead atoms. The molecule has 2 aromatic rings. The molecule has 3 nitrogen and oxygen atoms in total. The molecule has 0 aromatic heterocycles. The van der Waals surface area contributed by atoms with Gasteiger partial charge in [0.05, 0.1) is 22.3 Å². The molecule has 21 heavy (non-hydrogen) atoms. The lowest BCUT2D eigenvalue weighted by Crippen LogP contribution is -2.03. The van der Waals surface area contributed by atoms with Crippen molar-refractivity contribution in [3.05, 3.63) is 57.6 Å². The minimum Gasteiger partial charge on any atom is -0.494 e. The Balaban J connectivity index is 2.24. The summed E-state index contributed by atoms with van der Waals surface area (Å²) in [6.45, 7) is 2.68. The molecule has 0 heterocycles. The van der Waals surface area contributed by atoms with E-state index in [1.54, 1.807) is 24.3 Å². The predicted molar refractivity (Wildman–Crippen MR) is 86.5 cm³/mol. The van der Waals surface area contributed by atoms with Gasteiger partial charge in [-0.1, -0.05) is 30.1 Å². The lowest BCUT2D eigenvalue weighted by atomic mass is 10.0. The van der Waals surface area contributed by atoms with Gasteiger partial charge < -0.3 is 10.5 Å².